The SMILES string of the molecule is CCOc1cc2c(cc1OC)C(=O)NC(CC(C)CC)C=N2. The van der Waals surface area contributed by atoms with E-state index in [2.05, 4.69) is 24.2 Å². The number of hydrogen-bond acceptors (Lipinski definition) is 4. The third-order valence-corrected chi connectivity index (χ3v) is 3.89. The van der Waals surface area contributed by atoms with Gasteiger partial charge in [-0.25, -0.2) is 0 Å². The van der Waals surface area contributed by atoms with Crippen molar-refractivity contribution in [2.45, 2.75) is 39.7 Å². The Morgan fingerprint density at radius 3 is 2.73 bits per heavy atom. The average molecular weight is 304 g/mol. The van der Waals surface area contributed by atoms with E-state index in [9.17, 15) is 4.79 Å². The number of nitrogens with one attached hydrogen (secondary N) is 1. The standard InChI is InChI=1S/C17H24N2O3/c1-5-11(3)7-12-10-18-14-9-16(22-6-2)15(21-4)8-13(14)17(20)19-12/h8-12H,5-7H2,1-4H3,(H,19,20). The Kier molecular flexibility index (Phi) is 5.41. The number of methoxy groups -OCH3 is 1. The van der Waals surface area contributed by atoms with E-state index in [-0.39, 0.29) is 11.9 Å². The molecule has 1 heterocycles. The summed E-state index contributed by atoms with van der Waals surface area (Å²) in [5.74, 6) is 1.56. The number of carbonyl (C=O) groups is 1. The zero-order valence-corrected chi connectivity index (χ0v) is 13.7. The number of rotatable bonds is 6. The predicted octanol–water partition coefficient (Wildman–Crippen LogP) is 3.34. The molecule has 22 heavy (non-hydrogen) atoms. The van der Waals surface area contributed by atoms with Gasteiger partial charge in [-0.05, 0) is 25.3 Å². The van der Waals surface area contributed by atoms with E-state index < -0.39 is 0 Å². The first-order valence-corrected chi connectivity index (χ1v) is 7.78. The Morgan fingerprint density at radius 2 is 2.09 bits per heavy atom. The molecule has 1 aliphatic rings. The lowest BCUT2D eigenvalue weighted by Crippen LogP contribution is -2.36. The molecular weight excluding hydrogens is 280 g/mol. The van der Waals surface area contributed by atoms with Crippen molar-refractivity contribution in [1.82, 2.24) is 5.32 Å². The molecule has 2 rings (SSSR count). The van der Waals surface area contributed by atoms with Gasteiger partial charge in [0.25, 0.3) is 5.91 Å². The van der Waals surface area contributed by atoms with E-state index in [1.54, 1.807) is 19.2 Å². The van der Waals surface area contributed by atoms with Gasteiger partial charge in [0.05, 0.1) is 31.0 Å². The summed E-state index contributed by atoms with van der Waals surface area (Å²) >= 11 is 0. The Labute approximate surface area is 131 Å². The van der Waals surface area contributed by atoms with Gasteiger partial charge in [0.1, 0.15) is 0 Å². The fraction of sp³-hybridized carbons (Fsp3) is 0.529. The molecule has 0 fully saturated rings. The molecular formula is C17H24N2O3. The van der Waals surface area contributed by atoms with Crippen molar-refractivity contribution in [3.63, 3.8) is 0 Å². The van der Waals surface area contributed by atoms with E-state index in [0.717, 1.165) is 12.8 Å². The van der Waals surface area contributed by atoms with Crippen LogP contribution in [0.25, 0.3) is 0 Å². The monoisotopic (exact) mass is 304 g/mol. The lowest BCUT2D eigenvalue weighted by molar-refractivity contribution is 0.0945. The first-order valence-electron chi connectivity index (χ1n) is 7.78. The minimum absolute atomic E-state index is 0.0450. The second-order valence-electron chi connectivity index (χ2n) is 5.56. The van der Waals surface area contributed by atoms with Crippen molar-refractivity contribution >= 4 is 17.8 Å². The molecule has 5 nitrogen and oxygen atoms in total. The lowest BCUT2D eigenvalue weighted by atomic mass is 10.00. The van der Waals surface area contributed by atoms with Gasteiger partial charge in [-0.2, -0.15) is 0 Å². The largest absolute Gasteiger partial charge is 0.493 e. The van der Waals surface area contributed by atoms with E-state index >= 15 is 0 Å². The zero-order chi connectivity index (χ0) is 16.1. The summed E-state index contributed by atoms with van der Waals surface area (Å²) in [7, 11) is 1.56. The normalized spacial score (nSPS) is 18.2. The molecule has 0 saturated carbocycles. The number of amides is 1. The van der Waals surface area contributed by atoms with Crippen LogP contribution in [0.2, 0.25) is 0 Å². The fourth-order valence-electron chi connectivity index (χ4n) is 2.44. The highest BCUT2D eigenvalue weighted by atomic mass is 16.5. The van der Waals surface area contributed by atoms with Gasteiger partial charge in [-0.3, -0.25) is 9.79 Å². The second-order valence-corrected chi connectivity index (χ2v) is 5.56. The van der Waals surface area contributed by atoms with Gasteiger partial charge >= 0.3 is 0 Å². The Balaban J connectivity index is 2.32. The molecule has 1 N–H and O–H groups in total. The summed E-state index contributed by atoms with van der Waals surface area (Å²) in [4.78, 5) is 16.9. The first-order chi connectivity index (χ1) is 10.6. The highest BCUT2D eigenvalue weighted by Crippen LogP contribution is 2.35. The Bertz CT molecular complexity index is 569. The van der Waals surface area contributed by atoms with Crippen LogP contribution in [0.5, 0.6) is 11.5 Å². The van der Waals surface area contributed by atoms with Gasteiger partial charge in [0.2, 0.25) is 0 Å². The summed E-state index contributed by atoms with van der Waals surface area (Å²) in [6.45, 7) is 6.76. The zero-order valence-electron chi connectivity index (χ0n) is 13.7. The summed E-state index contributed by atoms with van der Waals surface area (Å²) in [6.07, 6.45) is 3.78. The van der Waals surface area contributed by atoms with Gasteiger partial charge in [0, 0.05) is 12.3 Å². The van der Waals surface area contributed by atoms with Crippen molar-refractivity contribution in [3.8, 4) is 11.5 Å². The Morgan fingerprint density at radius 1 is 1.32 bits per heavy atom. The van der Waals surface area contributed by atoms with Crippen molar-refractivity contribution in [1.29, 1.82) is 0 Å². The van der Waals surface area contributed by atoms with E-state index in [1.807, 2.05) is 13.1 Å². The molecule has 1 aromatic rings. The number of ether oxygens (including phenoxy) is 2. The lowest BCUT2D eigenvalue weighted by Gasteiger charge is -2.16. The maximum absolute atomic E-state index is 12.4. The number of hydrogen-bond donors (Lipinski definition) is 1. The molecule has 0 aromatic heterocycles. The third-order valence-electron chi connectivity index (χ3n) is 3.89. The van der Waals surface area contributed by atoms with Crippen molar-refractivity contribution < 1.29 is 14.3 Å². The number of aliphatic imine (C=N–C) groups is 1. The molecule has 5 heteroatoms. The topological polar surface area (TPSA) is 59.9 Å². The van der Waals surface area contributed by atoms with Crippen LogP contribution in [0, 0.1) is 5.92 Å². The van der Waals surface area contributed by atoms with Crippen molar-refractivity contribution in [2.75, 3.05) is 13.7 Å². The van der Waals surface area contributed by atoms with Gasteiger partial charge in [-0.1, -0.05) is 20.3 Å². The molecule has 1 aliphatic heterocycles. The molecule has 1 aromatic carbocycles. The quantitative estimate of drug-likeness (QED) is 0.876. The first kappa shape index (κ1) is 16.3. The van der Waals surface area contributed by atoms with Crippen molar-refractivity contribution in [3.05, 3.63) is 17.7 Å². The summed E-state index contributed by atoms with van der Waals surface area (Å²) in [6, 6.07) is 3.41. The Hall–Kier alpha value is -2.04. The highest BCUT2D eigenvalue weighted by Gasteiger charge is 2.22. The summed E-state index contributed by atoms with van der Waals surface area (Å²) in [5.41, 5.74) is 1.14. The molecule has 0 spiro atoms. The van der Waals surface area contributed by atoms with Crippen LogP contribution in [0.3, 0.4) is 0 Å². The molecule has 0 saturated heterocycles. The van der Waals surface area contributed by atoms with Crippen LogP contribution in [0.4, 0.5) is 5.69 Å². The molecule has 120 valence electrons. The summed E-state index contributed by atoms with van der Waals surface area (Å²) < 4.78 is 10.9. The second kappa shape index (κ2) is 7.29. The van der Waals surface area contributed by atoms with Crippen LogP contribution in [0.15, 0.2) is 17.1 Å². The molecule has 2 unspecified atom stereocenters. The average Bonchev–Trinajstić information content (AvgIpc) is 2.66. The number of nitrogens with zero attached hydrogens (tertiary/aromatic N) is 1. The maximum Gasteiger partial charge on any atom is 0.254 e. The third kappa shape index (κ3) is 3.59. The highest BCUT2D eigenvalue weighted by molar-refractivity contribution is 6.03. The van der Waals surface area contributed by atoms with Crippen LogP contribution < -0.4 is 14.8 Å². The number of fused-ring (bicyclic) bond motifs is 1. The summed E-state index contributed by atoms with van der Waals surface area (Å²) in [5, 5.41) is 3.02. The minimum Gasteiger partial charge on any atom is -0.493 e. The van der Waals surface area contributed by atoms with E-state index in [4.69, 9.17) is 9.47 Å². The maximum atomic E-state index is 12.4. The van der Waals surface area contributed by atoms with Crippen molar-refractivity contribution in [2.24, 2.45) is 10.9 Å². The van der Waals surface area contributed by atoms with Gasteiger partial charge in [0.15, 0.2) is 11.5 Å². The van der Waals surface area contributed by atoms with Crippen LogP contribution >= 0.6 is 0 Å². The predicted molar refractivity (Wildman–Crippen MR) is 87.6 cm³/mol. The van der Waals surface area contributed by atoms with E-state index in [0.29, 0.717) is 35.3 Å². The molecule has 0 bridgehead atoms. The molecule has 1 amide bonds. The number of carbonyl (C=O) groups excluding carboxylic acids is 1. The molecule has 2 atom stereocenters. The van der Waals surface area contributed by atoms with E-state index in [1.165, 1.54) is 0 Å². The number of benzene rings is 1. The smallest absolute Gasteiger partial charge is 0.254 e. The van der Waals surface area contributed by atoms with Crippen LogP contribution in [-0.4, -0.2) is 31.9 Å². The van der Waals surface area contributed by atoms with Crippen LogP contribution in [-0.2, 0) is 0 Å². The molecule has 0 radical (unpaired) electrons. The van der Waals surface area contributed by atoms with Gasteiger partial charge in [-0.15, -0.1) is 0 Å². The molecule has 0 aliphatic carbocycles. The van der Waals surface area contributed by atoms with Gasteiger partial charge < -0.3 is 14.8 Å². The van der Waals surface area contributed by atoms with Crippen LogP contribution in [0.1, 0.15) is 44.0 Å². The fourth-order valence-corrected chi connectivity index (χ4v) is 2.44. The minimum atomic E-state index is -0.123.